The lowest BCUT2D eigenvalue weighted by Crippen LogP contribution is -2.30. The van der Waals surface area contributed by atoms with E-state index in [1.165, 1.54) is 22.5 Å². The van der Waals surface area contributed by atoms with Crippen molar-refractivity contribution in [1.82, 2.24) is 0 Å². The third-order valence-corrected chi connectivity index (χ3v) is 8.37. The molecule has 192 valence electrons. The minimum absolute atomic E-state index is 0.0446. The fourth-order valence-electron chi connectivity index (χ4n) is 5.48. The largest absolute Gasteiger partial charge is 0.497 e. The fraction of sp³-hybridized carbons (Fsp3) is 0.226. The molecule has 6 nitrogen and oxygen atoms in total. The van der Waals surface area contributed by atoms with Crippen molar-refractivity contribution in [3.8, 4) is 5.75 Å². The van der Waals surface area contributed by atoms with Gasteiger partial charge in [0, 0.05) is 12.5 Å². The number of para-hydroxylation sites is 1. The third-order valence-electron chi connectivity index (χ3n) is 7.43. The van der Waals surface area contributed by atoms with Gasteiger partial charge in [0.25, 0.3) is 5.78 Å². The van der Waals surface area contributed by atoms with E-state index < -0.39 is 16.6 Å². The van der Waals surface area contributed by atoms with Crippen LogP contribution in [0.5, 0.6) is 5.75 Å². The van der Waals surface area contributed by atoms with Crippen molar-refractivity contribution in [3.63, 3.8) is 0 Å². The van der Waals surface area contributed by atoms with Crippen molar-refractivity contribution < 1.29 is 19.1 Å². The quantitative estimate of drug-likeness (QED) is 0.159. The van der Waals surface area contributed by atoms with E-state index in [9.17, 15) is 9.59 Å². The van der Waals surface area contributed by atoms with Crippen LogP contribution in [-0.2, 0) is 20.9 Å². The van der Waals surface area contributed by atoms with Gasteiger partial charge in [0.2, 0.25) is 0 Å². The Kier molecular flexibility index (Phi) is 6.54. The van der Waals surface area contributed by atoms with Gasteiger partial charge in [-0.25, -0.2) is 4.79 Å². The minimum Gasteiger partial charge on any atom is -0.497 e. The number of alkyl halides is 1. The maximum atomic E-state index is 12.9. The summed E-state index contributed by atoms with van der Waals surface area (Å²) >= 11 is 3.40. The van der Waals surface area contributed by atoms with Crippen LogP contribution in [0.3, 0.4) is 0 Å². The average molecular weight is 571 g/mol. The smallest absolute Gasteiger partial charge is 0.376 e. The van der Waals surface area contributed by atoms with E-state index in [0.717, 1.165) is 41.7 Å². The molecule has 2 aliphatic heterocycles. The molecule has 0 bridgehead atoms. The van der Waals surface area contributed by atoms with Gasteiger partial charge in [0.1, 0.15) is 17.2 Å². The summed E-state index contributed by atoms with van der Waals surface area (Å²) in [5.41, 5.74) is 6.55. The summed E-state index contributed by atoms with van der Waals surface area (Å²) in [5, 5.41) is 5.42. The molecule has 4 aromatic carbocycles. The first-order valence-electron chi connectivity index (χ1n) is 12.6. The highest BCUT2D eigenvalue weighted by Crippen LogP contribution is 2.45. The first kappa shape index (κ1) is 24.5. The summed E-state index contributed by atoms with van der Waals surface area (Å²) in [7, 11) is 1.62. The predicted molar refractivity (Wildman–Crippen MR) is 152 cm³/mol. The van der Waals surface area contributed by atoms with Gasteiger partial charge in [-0.3, -0.25) is 4.79 Å². The standard InChI is InChI=1S/C31H27BrN2O4/c1-37-24-11-10-20-15-23(9-8-21(20)16-24)28(32)30(35)31(36)38-17-19-4-2-5-22(14-19)25-12-13-34-18-33-27-7-3-6-26(25)29(27)34/h2-11,14-16,25,28,33H,12-13,17-18H2,1H3/t25-,28?/m0/s1. The molecule has 2 aliphatic rings. The van der Waals surface area contributed by atoms with E-state index in [1.54, 1.807) is 7.11 Å². The Morgan fingerprint density at radius 2 is 1.84 bits per heavy atom. The van der Waals surface area contributed by atoms with Crippen LogP contribution in [0.25, 0.3) is 10.8 Å². The second kappa shape index (κ2) is 10.1. The van der Waals surface area contributed by atoms with Crippen LogP contribution in [0.15, 0.2) is 78.9 Å². The molecule has 7 heteroatoms. The van der Waals surface area contributed by atoms with Gasteiger partial charge in [-0.1, -0.05) is 70.5 Å². The lowest BCUT2D eigenvalue weighted by Gasteiger charge is -2.32. The van der Waals surface area contributed by atoms with E-state index in [0.29, 0.717) is 5.56 Å². The number of anilines is 2. The Hall–Kier alpha value is -3.84. The molecule has 2 heterocycles. The molecule has 1 N–H and O–H groups in total. The van der Waals surface area contributed by atoms with Gasteiger partial charge < -0.3 is 19.7 Å². The highest BCUT2D eigenvalue weighted by molar-refractivity contribution is 9.09. The number of carbonyl (C=O) groups excluding carboxylic acids is 2. The van der Waals surface area contributed by atoms with Crippen molar-refractivity contribution in [2.75, 3.05) is 30.5 Å². The van der Waals surface area contributed by atoms with Crippen LogP contribution in [-0.4, -0.2) is 32.1 Å². The minimum atomic E-state index is -0.854. The monoisotopic (exact) mass is 570 g/mol. The molecule has 0 fully saturated rings. The van der Waals surface area contributed by atoms with E-state index in [4.69, 9.17) is 9.47 Å². The zero-order valence-electron chi connectivity index (χ0n) is 20.9. The van der Waals surface area contributed by atoms with Crippen LogP contribution in [0.1, 0.15) is 39.4 Å². The van der Waals surface area contributed by atoms with Gasteiger partial charge in [-0.05, 0) is 63.7 Å². The Morgan fingerprint density at radius 1 is 1.03 bits per heavy atom. The first-order chi connectivity index (χ1) is 18.5. The Bertz CT molecular complexity index is 1550. The maximum Gasteiger partial charge on any atom is 0.376 e. The summed E-state index contributed by atoms with van der Waals surface area (Å²) < 4.78 is 10.7. The van der Waals surface area contributed by atoms with Crippen molar-refractivity contribution in [2.24, 2.45) is 0 Å². The normalized spacial score (nSPS) is 16.5. The number of benzene rings is 4. The van der Waals surface area contributed by atoms with Crippen molar-refractivity contribution in [2.45, 2.75) is 23.8 Å². The van der Waals surface area contributed by atoms with Gasteiger partial charge in [-0.2, -0.15) is 0 Å². The molecule has 0 saturated heterocycles. The van der Waals surface area contributed by atoms with Crippen molar-refractivity contribution in [3.05, 3.63) is 101 Å². The lowest BCUT2D eigenvalue weighted by molar-refractivity contribution is -0.154. The molecular formula is C31H27BrN2O4. The van der Waals surface area contributed by atoms with Crippen LogP contribution >= 0.6 is 15.9 Å². The lowest BCUT2D eigenvalue weighted by atomic mass is 9.84. The van der Waals surface area contributed by atoms with Crippen LogP contribution < -0.4 is 15.0 Å². The highest BCUT2D eigenvalue weighted by Gasteiger charge is 2.31. The Labute approximate surface area is 229 Å². The average Bonchev–Trinajstić information content (AvgIpc) is 3.39. The number of hydrogen-bond donors (Lipinski definition) is 1. The van der Waals surface area contributed by atoms with Crippen molar-refractivity contribution in [1.29, 1.82) is 0 Å². The molecule has 6 rings (SSSR count). The molecule has 0 saturated carbocycles. The Morgan fingerprint density at radius 3 is 2.71 bits per heavy atom. The second-order valence-corrected chi connectivity index (χ2v) is 10.6. The number of nitrogens with zero attached hydrogens (tertiary/aromatic N) is 1. The number of nitrogens with one attached hydrogen (secondary N) is 1. The fourth-order valence-corrected chi connectivity index (χ4v) is 5.95. The molecular weight excluding hydrogens is 544 g/mol. The number of halogens is 1. The van der Waals surface area contributed by atoms with Crippen LogP contribution in [0, 0.1) is 0 Å². The molecule has 2 atom stereocenters. The Balaban J connectivity index is 1.13. The number of hydrogen-bond acceptors (Lipinski definition) is 6. The number of ketones is 1. The number of esters is 1. The third kappa shape index (κ3) is 4.52. The summed E-state index contributed by atoms with van der Waals surface area (Å²) in [6.45, 7) is 1.89. The molecule has 38 heavy (non-hydrogen) atoms. The zero-order chi connectivity index (χ0) is 26.2. The molecule has 0 radical (unpaired) electrons. The predicted octanol–water partition coefficient (Wildman–Crippen LogP) is 6.32. The summed E-state index contributed by atoms with van der Waals surface area (Å²) in [5.74, 6) is -0.446. The van der Waals surface area contributed by atoms with Gasteiger partial charge in [0.15, 0.2) is 0 Å². The molecule has 0 aromatic heterocycles. The zero-order valence-corrected chi connectivity index (χ0v) is 22.5. The molecule has 0 aliphatic carbocycles. The van der Waals surface area contributed by atoms with Gasteiger partial charge >= 0.3 is 5.97 Å². The molecule has 0 spiro atoms. The highest BCUT2D eigenvalue weighted by atomic mass is 79.9. The van der Waals surface area contributed by atoms with Gasteiger partial charge in [-0.15, -0.1) is 0 Å². The molecule has 0 amide bonds. The summed E-state index contributed by atoms with van der Waals surface area (Å²) in [4.78, 5) is 27.2. The van der Waals surface area contributed by atoms with Crippen LogP contribution in [0.2, 0.25) is 0 Å². The maximum absolute atomic E-state index is 12.9. The number of methoxy groups -OCH3 is 1. The van der Waals surface area contributed by atoms with E-state index in [-0.39, 0.29) is 12.5 Å². The van der Waals surface area contributed by atoms with Gasteiger partial charge in [0.05, 0.1) is 25.2 Å². The number of carbonyl (C=O) groups is 2. The van der Waals surface area contributed by atoms with E-state index in [1.807, 2.05) is 48.5 Å². The van der Waals surface area contributed by atoms with E-state index >= 15 is 0 Å². The number of Topliss-reactive ketones (excluding diaryl/α,β-unsaturated/α-hetero) is 1. The summed E-state index contributed by atoms with van der Waals surface area (Å²) in [6, 6.07) is 25.9. The van der Waals surface area contributed by atoms with Crippen molar-refractivity contribution >= 4 is 49.8 Å². The number of ether oxygens (including phenoxy) is 2. The number of rotatable bonds is 7. The first-order valence-corrected chi connectivity index (χ1v) is 13.6. The molecule has 4 aromatic rings. The molecule has 1 unspecified atom stereocenters. The second-order valence-electron chi connectivity index (χ2n) is 9.70. The SMILES string of the molecule is COc1ccc2cc(C(Br)C(=O)C(=O)OCc3cccc([C@@H]4CCN5CNc6cccc4c65)c3)ccc2c1. The number of fused-ring (bicyclic) bond motifs is 1. The summed E-state index contributed by atoms with van der Waals surface area (Å²) in [6.07, 6.45) is 1.02. The van der Waals surface area contributed by atoms with Crippen LogP contribution in [0.4, 0.5) is 11.4 Å². The topological polar surface area (TPSA) is 67.9 Å². The van der Waals surface area contributed by atoms with E-state index in [2.05, 4.69) is 56.5 Å².